The topological polar surface area (TPSA) is 101 Å². The Morgan fingerprint density at radius 3 is 2.46 bits per heavy atom. The molecule has 0 spiro atoms. The van der Waals surface area contributed by atoms with Gasteiger partial charge in [0.15, 0.2) is 5.78 Å². The number of carbonyl (C=O) groups excluding carboxylic acids is 1. The number of halogens is 1. The van der Waals surface area contributed by atoms with Gasteiger partial charge in [0, 0.05) is 12.1 Å². The van der Waals surface area contributed by atoms with Gasteiger partial charge in [-0.05, 0) is 35.9 Å². The molecule has 0 aromatic heterocycles. The number of ketones is 1. The van der Waals surface area contributed by atoms with Crippen molar-refractivity contribution in [2.75, 3.05) is 6.54 Å². The number of allylic oxidation sites excluding steroid dienone is 1. The van der Waals surface area contributed by atoms with Crippen LogP contribution < -0.4 is 4.72 Å². The molecular weight excluding hydrogens is 361 g/mol. The molecule has 0 unspecified atom stereocenters. The fraction of sp³-hybridized carbons (Fsp3) is 0.111. The predicted molar refractivity (Wildman–Crippen MR) is 93.6 cm³/mol. The second kappa shape index (κ2) is 8.50. The standard InChI is InChI=1S/C18H16FNO5S/c19-15-7-4-13(5-8-15)6-9-17(21)14-2-1-3-16(12-14)26(24,25)20-11-10-18(22)23/h1-9,12,20H,10-11H2,(H,22,23). The Hall–Kier alpha value is -2.84. The lowest BCUT2D eigenvalue weighted by Crippen LogP contribution is -2.26. The Morgan fingerprint density at radius 2 is 1.81 bits per heavy atom. The Labute approximate surface area is 150 Å². The number of benzene rings is 2. The third-order valence-corrected chi connectivity index (χ3v) is 4.82. The molecule has 0 saturated carbocycles. The van der Waals surface area contributed by atoms with E-state index in [4.69, 9.17) is 5.11 Å². The molecule has 0 radical (unpaired) electrons. The van der Waals surface area contributed by atoms with Crippen molar-refractivity contribution in [1.82, 2.24) is 4.72 Å². The average Bonchev–Trinajstić information content (AvgIpc) is 2.60. The van der Waals surface area contributed by atoms with Crippen molar-refractivity contribution >= 4 is 27.9 Å². The SMILES string of the molecule is O=C(O)CCNS(=O)(=O)c1cccc(C(=O)C=Cc2ccc(F)cc2)c1. The van der Waals surface area contributed by atoms with Crippen molar-refractivity contribution in [2.45, 2.75) is 11.3 Å². The van der Waals surface area contributed by atoms with Crippen molar-refractivity contribution in [3.05, 3.63) is 71.6 Å². The molecule has 0 atom stereocenters. The van der Waals surface area contributed by atoms with Crippen LogP contribution in [0.25, 0.3) is 6.08 Å². The summed E-state index contributed by atoms with van der Waals surface area (Å²) in [4.78, 5) is 22.5. The minimum absolute atomic E-state index is 0.135. The molecule has 2 aromatic rings. The largest absolute Gasteiger partial charge is 0.481 e. The van der Waals surface area contributed by atoms with Crippen LogP contribution in [0.1, 0.15) is 22.3 Å². The smallest absolute Gasteiger partial charge is 0.304 e. The van der Waals surface area contributed by atoms with Crippen molar-refractivity contribution in [3.8, 4) is 0 Å². The number of carboxylic acids is 1. The van der Waals surface area contributed by atoms with Gasteiger partial charge >= 0.3 is 5.97 Å². The number of carbonyl (C=O) groups is 2. The zero-order valence-electron chi connectivity index (χ0n) is 13.6. The van der Waals surface area contributed by atoms with Crippen LogP contribution in [0.15, 0.2) is 59.5 Å². The van der Waals surface area contributed by atoms with Gasteiger partial charge in [0.2, 0.25) is 10.0 Å². The number of aliphatic carboxylic acids is 1. The van der Waals surface area contributed by atoms with E-state index in [1.54, 1.807) is 0 Å². The van der Waals surface area contributed by atoms with E-state index < -0.39 is 21.8 Å². The molecule has 2 rings (SSSR count). The van der Waals surface area contributed by atoms with Crippen LogP contribution in [0.2, 0.25) is 0 Å². The molecule has 6 nitrogen and oxygen atoms in total. The molecule has 0 aliphatic carbocycles. The molecule has 2 N–H and O–H groups in total. The second-order valence-corrected chi connectivity index (χ2v) is 7.09. The van der Waals surface area contributed by atoms with Gasteiger partial charge < -0.3 is 5.11 Å². The number of rotatable bonds is 8. The number of hydrogen-bond acceptors (Lipinski definition) is 4. The molecule has 26 heavy (non-hydrogen) atoms. The van der Waals surface area contributed by atoms with Gasteiger partial charge in [0.05, 0.1) is 11.3 Å². The van der Waals surface area contributed by atoms with E-state index in [0.29, 0.717) is 5.56 Å². The summed E-state index contributed by atoms with van der Waals surface area (Å²) in [5, 5.41) is 8.56. The number of sulfonamides is 1. The minimum atomic E-state index is -3.92. The zero-order valence-corrected chi connectivity index (χ0v) is 14.4. The molecule has 136 valence electrons. The van der Waals surface area contributed by atoms with E-state index in [-0.39, 0.29) is 29.2 Å². The summed E-state index contributed by atoms with van der Waals surface area (Å²) in [6.07, 6.45) is 2.41. The molecule has 0 saturated heterocycles. The van der Waals surface area contributed by atoms with E-state index in [9.17, 15) is 22.4 Å². The van der Waals surface area contributed by atoms with Gasteiger partial charge in [0.1, 0.15) is 5.82 Å². The van der Waals surface area contributed by atoms with Crippen molar-refractivity contribution < 1.29 is 27.5 Å². The van der Waals surface area contributed by atoms with Gasteiger partial charge in [-0.15, -0.1) is 0 Å². The van der Waals surface area contributed by atoms with E-state index in [2.05, 4.69) is 4.72 Å². The lowest BCUT2D eigenvalue weighted by Gasteiger charge is -2.06. The summed E-state index contributed by atoms with van der Waals surface area (Å²) >= 11 is 0. The van der Waals surface area contributed by atoms with Crippen LogP contribution in [0.4, 0.5) is 4.39 Å². The Balaban J connectivity index is 2.13. The second-order valence-electron chi connectivity index (χ2n) is 5.32. The van der Waals surface area contributed by atoms with Crippen LogP contribution in [-0.2, 0) is 14.8 Å². The molecule has 0 aliphatic rings. The molecule has 0 amide bonds. The fourth-order valence-corrected chi connectivity index (χ4v) is 3.11. The fourth-order valence-electron chi connectivity index (χ4n) is 2.03. The minimum Gasteiger partial charge on any atom is -0.481 e. The Kier molecular flexibility index (Phi) is 6.37. The summed E-state index contributed by atoms with van der Waals surface area (Å²) in [6, 6.07) is 10.9. The third-order valence-electron chi connectivity index (χ3n) is 3.36. The van der Waals surface area contributed by atoms with Gasteiger partial charge in [-0.3, -0.25) is 9.59 Å². The normalized spacial score (nSPS) is 11.6. The lowest BCUT2D eigenvalue weighted by atomic mass is 10.1. The van der Waals surface area contributed by atoms with Gasteiger partial charge in [0.25, 0.3) is 0 Å². The third kappa shape index (κ3) is 5.61. The van der Waals surface area contributed by atoms with Crippen molar-refractivity contribution in [3.63, 3.8) is 0 Å². The van der Waals surface area contributed by atoms with Crippen molar-refractivity contribution in [2.24, 2.45) is 0 Å². The highest BCUT2D eigenvalue weighted by atomic mass is 32.2. The van der Waals surface area contributed by atoms with Crippen LogP contribution in [0, 0.1) is 5.82 Å². The first-order valence-electron chi connectivity index (χ1n) is 7.57. The summed E-state index contributed by atoms with van der Waals surface area (Å²) in [5.41, 5.74) is 0.781. The highest BCUT2D eigenvalue weighted by Gasteiger charge is 2.15. The summed E-state index contributed by atoms with van der Waals surface area (Å²) < 4.78 is 39.3. The summed E-state index contributed by atoms with van der Waals surface area (Å²) in [5.74, 6) is -1.93. The monoisotopic (exact) mass is 377 g/mol. The lowest BCUT2D eigenvalue weighted by molar-refractivity contribution is -0.136. The molecule has 0 fully saturated rings. The number of hydrogen-bond donors (Lipinski definition) is 2. The van der Waals surface area contributed by atoms with Crippen LogP contribution in [0.3, 0.4) is 0 Å². The Morgan fingerprint density at radius 1 is 1.12 bits per heavy atom. The average molecular weight is 377 g/mol. The maximum atomic E-state index is 12.9. The van der Waals surface area contributed by atoms with Crippen LogP contribution in [-0.4, -0.2) is 31.8 Å². The quantitative estimate of drug-likeness (QED) is 0.544. The summed E-state index contributed by atoms with van der Waals surface area (Å²) in [7, 11) is -3.92. The first kappa shape index (κ1) is 19.5. The van der Waals surface area contributed by atoms with Crippen molar-refractivity contribution in [1.29, 1.82) is 0 Å². The van der Waals surface area contributed by atoms with Gasteiger partial charge in [-0.1, -0.05) is 30.3 Å². The van der Waals surface area contributed by atoms with E-state index in [1.165, 1.54) is 60.7 Å². The first-order chi connectivity index (χ1) is 12.3. The highest BCUT2D eigenvalue weighted by Crippen LogP contribution is 2.13. The van der Waals surface area contributed by atoms with E-state index >= 15 is 0 Å². The van der Waals surface area contributed by atoms with E-state index in [0.717, 1.165) is 0 Å². The molecule has 2 aromatic carbocycles. The van der Waals surface area contributed by atoms with Gasteiger partial charge in [-0.25, -0.2) is 17.5 Å². The number of nitrogens with one attached hydrogen (secondary N) is 1. The van der Waals surface area contributed by atoms with Crippen LogP contribution in [0.5, 0.6) is 0 Å². The molecule has 0 aliphatic heterocycles. The molecular formula is C18H16FNO5S. The highest BCUT2D eigenvalue weighted by molar-refractivity contribution is 7.89. The van der Waals surface area contributed by atoms with E-state index in [1.807, 2.05) is 0 Å². The maximum absolute atomic E-state index is 12.9. The predicted octanol–water partition coefficient (Wildman–Crippen LogP) is 2.47. The first-order valence-corrected chi connectivity index (χ1v) is 9.06. The molecule has 0 bridgehead atoms. The maximum Gasteiger partial charge on any atom is 0.304 e. The Bertz CT molecular complexity index is 936. The molecule has 8 heteroatoms. The zero-order chi connectivity index (χ0) is 19.2. The number of carboxylic acid groups (broad SMARTS) is 1. The summed E-state index contributed by atoms with van der Waals surface area (Å²) in [6.45, 7) is -0.250. The van der Waals surface area contributed by atoms with Crippen LogP contribution >= 0.6 is 0 Å². The molecule has 0 heterocycles. The van der Waals surface area contributed by atoms with Gasteiger partial charge in [-0.2, -0.15) is 0 Å².